The Morgan fingerprint density at radius 3 is 2.67 bits per heavy atom. The highest BCUT2D eigenvalue weighted by Gasteiger charge is 2.09. The molecule has 0 aliphatic carbocycles. The summed E-state index contributed by atoms with van der Waals surface area (Å²) in [5.41, 5.74) is 9.97. The topological polar surface area (TPSA) is 29.3 Å². The molecule has 2 N–H and O–H groups in total. The quantitative estimate of drug-likeness (QED) is 0.799. The maximum Gasteiger partial charge on any atom is 0.0520 e. The highest BCUT2D eigenvalue weighted by Crippen LogP contribution is 2.26. The number of nitrogens with two attached hydrogens (primary N) is 1. The number of hydrogen-bond donors (Lipinski definition) is 1. The Balaban J connectivity index is 2.09. The Morgan fingerprint density at radius 1 is 1.33 bits per heavy atom. The van der Waals surface area contributed by atoms with E-state index >= 15 is 0 Å². The van der Waals surface area contributed by atoms with Gasteiger partial charge in [-0.2, -0.15) is 0 Å². The summed E-state index contributed by atoms with van der Waals surface area (Å²) in [6.07, 6.45) is 1.98. The lowest BCUT2D eigenvalue weighted by Gasteiger charge is -2.21. The molecule has 2 nitrogen and oxygen atoms in total. The van der Waals surface area contributed by atoms with Gasteiger partial charge in [0.1, 0.15) is 0 Å². The summed E-state index contributed by atoms with van der Waals surface area (Å²) in [6, 6.07) is 9.14. The third-order valence-corrected chi connectivity index (χ3v) is 5.39. The zero-order valence-corrected chi connectivity index (χ0v) is 15.3. The summed E-state index contributed by atoms with van der Waals surface area (Å²) in [5, 5.41) is 2.13. The van der Waals surface area contributed by atoms with Gasteiger partial charge < -0.3 is 10.6 Å². The van der Waals surface area contributed by atoms with E-state index in [1.54, 1.807) is 11.3 Å². The van der Waals surface area contributed by atoms with Crippen molar-refractivity contribution in [3.05, 3.63) is 50.1 Å². The number of hydrogen-bond acceptors (Lipinski definition) is 3. The van der Waals surface area contributed by atoms with Crippen LogP contribution in [0.3, 0.4) is 0 Å². The standard InChI is InChI=1S/C17H23BrN2S/c1-4-15(19)8-13-5-6-17(12(2)7-13)20(3)10-16-9-14(18)11-21-16/h5-7,9,11,15H,4,8,10,19H2,1-3H3. The lowest BCUT2D eigenvalue weighted by atomic mass is 10.0. The molecule has 0 spiro atoms. The second-order valence-electron chi connectivity index (χ2n) is 5.58. The maximum absolute atomic E-state index is 6.04. The average Bonchev–Trinajstić information content (AvgIpc) is 2.83. The van der Waals surface area contributed by atoms with Gasteiger partial charge in [-0.3, -0.25) is 0 Å². The predicted molar refractivity (Wildman–Crippen MR) is 97.3 cm³/mol. The molecule has 1 unspecified atom stereocenters. The molecule has 0 fully saturated rings. The number of nitrogens with zero attached hydrogens (tertiary/aromatic N) is 1. The van der Waals surface area contributed by atoms with Crippen molar-refractivity contribution in [1.82, 2.24) is 0 Å². The van der Waals surface area contributed by atoms with Crippen molar-refractivity contribution >= 4 is 33.0 Å². The van der Waals surface area contributed by atoms with Crippen LogP contribution in [0.2, 0.25) is 0 Å². The Bertz CT molecular complexity index is 594. The Morgan fingerprint density at radius 2 is 2.10 bits per heavy atom. The van der Waals surface area contributed by atoms with Crippen molar-refractivity contribution in [3.8, 4) is 0 Å². The van der Waals surface area contributed by atoms with Crippen LogP contribution in [-0.2, 0) is 13.0 Å². The van der Waals surface area contributed by atoms with E-state index in [2.05, 4.69) is 71.4 Å². The SMILES string of the molecule is CCC(N)Cc1ccc(N(C)Cc2cc(Br)cs2)c(C)c1. The highest BCUT2D eigenvalue weighted by atomic mass is 79.9. The summed E-state index contributed by atoms with van der Waals surface area (Å²) in [4.78, 5) is 3.66. The van der Waals surface area contributed by atoms with Gasteiger partial charge in [0, 0.05) is 33.5 Å². The fraction of sp³-hybridized carbons (Fsp3) is 0.412. The van der Waals surface area contributed by atoms with Crippen molar-refractivity contribution < 1.29 is 0 Å². The smallest absolute Gasteiger partial charge is 0.0520 e. The summed E-state index contributed by atoms with van der Waals surface area (Å²) < 4.78 is 1.16. The fourth-order valence-corrected chi connectivity index (χ4v) is 3.98. The molecular weight excluding hydrogens is 344 g/mol. The van der Waals surface area contributed by atoms with Gasteiger partial charge in [0.25, 0.3) is 0 Å². The highest BCUT2D eigenvalue weighted by molar-refractivity contribution is 9.10. The van der Waals surface area contributed by atoms with E-state index in [1.165, 1.54) is 21.7 Å². The van der Waals surface area contributed by atoms with E-state index in [9.17, 15) is 0 Å². The monoisotopic (exact) mass is 366 g/mol. The first kappa shape index (κ1) is 16.5. The van der Waals surface area contributed by atoms with E-state index < -0.39 is 0 Å². The Hall–Kier alpha value is -0.840. The van der Waals surface area contributed by atoms with Crippen LogP contribution in [0.25, 0.3) is 0 Å². The van der Waals surface area contributed by atoms with Gasteiger partial charge in [-0.1, -0.05) is 19.1 Å². The summed E-state index contributed by atoms with van der Waals surface area (Å²) >= 11 is 5.30. The van der Waals surface area contributed by atoms with E-state index in [4.69, 9.17) is 5.73 Å². The molecule has 4 heteroatoms. The molecule has 1 atom stereocenters. The van der Waals surface area contributed by atoms with Crippen LogP contribution in [0, 0.1) is 6.92 Å². The average molecular weight is 367 g/mol. The number of thiophene rings is 1. The number of benzene rings is 1. The molecule has 0 aliphatic heterocycles. The van der Waals surface area contributed by atoms with Crippen LogP contribution in [0.15, 0.2) is 34.1 Å². The minimum Gasteiger partial charge on any atom is -0.369 e. The van der Waals surface area contributed by atoms with E-state index in [0.717, 1.165) is 23.9 Å². The minimum absolute atomic E-state index is 0.261. The van der Waals surface area contributed by atoms with Gasteiger partial charge in [-0.05, 0) is 59.0 Å². The van der Waals surface area contributed by atoms with Crippen molar-refractivity contribution in [3.63, 3.8) is 0 Å². The lowest BCUT2D eigenvalue weighted by molar-refractivity contribution is 0.646. The van der Waals surface area contributed by atoms with Crippen molar-refractivity contribution in [2.45, 2.75) is 39.3 Å². The van der Waals surface area contributed by atoms with Crippen molar-refractivity contribution in [2.24, 2.45) is 5.73 Å². The van der Waals surface area contributed by atoms with Crippen LogP contribution in [-0.4, -0.2) is 13.1 Å². The third-order valence-electron chi connectivity index (χ3n) is 3.71. The minimum atomic E-state index is 0.261. The molecule has 2 rings (SSSR count). The van der Waals surface area contributed by atoms with E-state index in [-0.39, 0.29) is 6.04 Å². The Labute approximate surface area is 140 Å². The number of rotatable bonds is 6. The molecule has 0 amide bonds. The molecule has 21 heavy (non-hydrogen) atoms. The maximum atomic E-state index is 6.04. The predicted octanol–water partition coefficient (Wildman–Crippen LogP) is 4.74. The number of aryl methyl sites for hydroxylation is 1. The van der Waals surface area contributed by atoms with Gasteiger partial charge >= 0.3 is 0 Å². The second-order valence-corrected chi connectivity index (χ2v) is 7.49. The normalized spacial score (nSPS) is 12.4. The van der Waals surface area contributed by atoms with Gasteiger partial charge in [0.05, 0.1) is 6.54 Å². The van der Waals surface area contributed by atoms with Crippen molar-refractivity contribution in [1.29, 1.82) is 0 Å². The van der Waals surface area contributed by atoms with E-state index in [0.29, 0.717) is 0 Å². The lowest BCUT2D eigenvalue weighted by Crippen LogP contribution is -2.21. The molecule has 0 aliphatic rings. The van der Waals surface area contributed by atoms with Crippen LogP contribution in [0.5, 0.6) is 0 Å². The molecule has 2 aromatic rings. The molecule has 0 radical (unpaired) electrons. The zero-order chi connectivity index (χ0) is 15.4. The largest absolute Gasteiger partial charge is 0.369 e. The zero-order valence-electron chi connectivity index (χ0n) is 12.9. The van der Waals surface area contributed by atoms with Crippen LogP contribution in [0.1, 0.15) is 29.3 Å². The first-order valence-electron chi connectivity index (χ1n) is 7.28. The molecule has 0 saturated carbocycles. The van der Waals surface area contributed by atoms with E-state index in [1.807, 2.05) is 0 Å². The van der Waals surface area contributed by atoms with Crippen LogP contribution in [0.4, 0.5) is 5.69 Å². The summed E-state index contributed by atoms with van der Waals surface area (Å²) in [7, 11) is 2.15. The van der Waals surface area contributed by atoms with Gasteiger partial charge in [0.2, 0.25) is 0 Å². The van der Waals surface area contributed by atoms with Gasteiger partial charge in [0.15, 0.2) is 0 Å². The molecule has 0 saturated heterocycles. The van der Waals surface area contributed by atoms with Crippen LogP contribution >= 0.6 is 27.3 Å². The number of anilines is 1. The molecule has 1 aromatic heterocycles. The summed E-state index contributed by atoms with van der Waals surface area (Å²) in [5.74, 6) is 0. The van der Waals surface area contributed by atoms with Gasteiger partial charge in [-0.25, -0.2) is 0 Å². The number of halogens is 1. The fourth-order valence-electron chi connectivity index (χ4n) is 2.48. The molecule has 0 bridgehead atoms. The molecule has 1 aromatic carbocycles. The molecular formula is C17H23BrN2S. The molecule has 1 heterocycles. The van der Waals surface area contributed by atoms with Gasteiger partial charge in [-0.15, -0.1) is 11.3 Å². The van der Waals surface area contributed by atoms with Crippen molar-refractivity contribution in [2.75, 3.05) is 11.9 Å². The second kappa shape index (κ2) is 7.43. The third kappa shape index (κ3) is 4.56. The Kier molecular flexibility index (Phi) is 5.85. The van der Waals surface area contributed by atoms with Crippen LogP contribution < -0.4 is 10.6 Å². The first-order chi connectivity index (χ1) is 9.99. The first-order valence-corrected chi connectivity index (χ1v) is 8.96. The molecule has 114 valence electrons. The summed E-state index contributed by atoms with van der Waals surface area (Å²) in [6.45, 7) is 5.25.